The second kappa shape index (κ2) is 8.59. The number of benzene rings is 2. The number of hydrogen-bond donors (Lipinski definition) is 3. The number of carbonyl (C=O) groups excluding carboxylic acids is 1. The number of sulfonamides is 1. The van der Waals surface area contributed by atoms with Crippen molar-refractivity contribution in [2.75, 3.05) is 0 Å². The Balaban J connectivity index is 2.20. The molecule has 0 aliphatic rings. The molecule has 7 nitrogen and oxygen atoms in total. The highest BCUT2D eigenvalue weighted by Gasteiger charge is 2.19. The molecular formula is C18H21N3O4S. The topological polar surface area (TPSA) is 108 Å². The van der Waals surface area contributed by atoms with E-state index < -0.39 is 15.9 Å². The molecule has 0 radical (unpaired) electrons. The van der Waals surface area contributed by atoms with Crippen LogP contribution >= 0.6 is 0 Å². The summed E-state index contributed by atoms with van der Waals surface area (Å²) in [7, 11) is -3.84. The minimum absolute atomic E-state index is 0.117. The van der Waals surface area contributed by atoms with Gasteiger partial charge in [-0.1, -0.05) is 37.3 Å². The minimum atomic E-state index is -3.84. The van der Waals surface area contributed by atoms with Crippen LogP contribution in [0.1, 0.15) is 36.2 Å². The van der Waals surface area contributed by atoms with E-state index in [2.05, 4.69) is 15.2 Å². The fourth-order valence-electron chi connectivity index (χ4n) is 2.01. The van der Waals surface area contributed by atoms with E-state index in [0.717, 1.165) is 11.6 Å². The van der Waals surface area contributed by atoms with E-state index in [1.807, 2.05) is 25.1 Å². The van der Waals surface area contributed by atoms with Crippen LogP contribution in [0.2, 0.25) is 0 Å². The Labute approximate surface area is 152 Å². The van der Waals surface area contributed by atoms with Crippen LogP contribution in [-0.2, 0) is 16.6 Å². The first-order valence-corrected chi connectivity index (χ1v) is 9.52. The molecular weight excluding hydrogens is 354 g/mol. The lowest BCUT2D eigenvalue weighted by Gasteiger charge is -2.09. The maximum Gasteiger partial charge on any atom is 0.275 e. The molecule has 26 heavy (non-hydrogen) atoms. The molecule has 2 aromatic rings. The largest absolute Gasteiger partial charge is 0.507 e. The van der Waals surface area contributed by atoms with E-state index in [1.165, 1.54) is 12.1 Å². The monoisotopic (exact) mass is 375 g/mol. The van der Waals surface area contributed by atoms with Gasteiger partial charge in [0, 0.05) is 12.3 Å². The Hall–Kier alpha value is -2.71. The van der Waals surface area contributed by atoms with E-state index >= 15 is 0 Å². The summed E-state index contributed by atoms with van der Waals surface area (Å²) < 4.78 is 27.4. The van der Waals surface area contributed by atoms with Gasteiger partial charge in [-0.05, 0) is 37.1 Å². The van der Waals surface area contributed by atoms with Gasteiger partial charge in [-0.2, -0.15) is 5.10 Å². The molecule has 0 aliphatic heterocycles. The Kier molecular flexibility index (Phi) is 6.48. The minimum Gasteiger partial charge on any atom is -0.507 e. The van der Waals surface area contributed by atoms with Crippen molar-refractivity contribution < 1.29 is 18.3 Å². The van der Waals surface area contributed by atoms with E-state index in [9.17, 15) is 18.3 Å². The number of phenolic OH excluding ortho intramolecular Hbond substituents is 1. The molecule has 0 aliphatic carbocycles. The third-order valence-corrected chi connectivity index (χ3v) is 5.09. The molecule has 3 N–H and O–H groups in total. The van der Waals surface area contributed by atoms with Gasteiger partial charge in [-0.25, -0.2) is 18.6 Å². The molecule has 0 aromatic heterocycles. The number of nitrogens with one attached hydrogen (secondary N) is 2. The van der Waals surface area contributed by atoms with Gasteiger partial charge in [-0.15, -0.1) is 0 Å². The van der Waals surface area contributed by atoms with Gasteiger partial charge >= 0.3 is 0 Å². The highest BCUT2D eigenvalue weighted by Crippen LogP contribution is 2.21. The Bertz CT molecular complexity index is 909. The quantitative estimate of drug-likeness (QED) is 0.510. The molecule has 0 saturated carbocycles. The van der Waals surface area contributed by atoms with Crippen LogP contribution in [0.15, 0.2) is 58.5 Å². The molecule has 0 unspecified atom stereocenters. The predicted octanol–water partition coefficient (Wildman–Crippen LogP) is 2.39. The zero-order valence-corrected chi connectivity index (χ0v) is 15.4. The van der Waals surface area contributed by atoms with Crippen LogP contribution in [0.3, 0.4) is 0 Å². The molecule has 0 atom stereocenters. The van der Waals surface area contributed by atoms with Crippen LogP contribution in [-0.4, -0.2) is 25.1 Å². The summed E-state index contributed by atoms with van der Waals surface area (Å²) in [6, 6.07) is 12.6. The fraction of sp³-hybridized carbons (Fsp3) is 0.222. The van der Waals surface area contributed by atoms with E-state index in [1.54, 1.807) is 19.1 Å². The first kappa shape index (κ1) is 19.6. The molecule has 1 amide bonds. The van der Waals surface area contributed by atoms with Gasteiger partial charge in [0.2, 0.25) is 10.0 Å². The average Bonchev–Trinajstić information content (AvgIpc) is 2.65. The first-order chi connectivity index (χ1) is 12.3. The van der Waals surface area contributed by atoms with Gasteiger partial charge in [0.25, 0.3) is 5.91 Å². The molecule has 0 heterocycles. The number of hydrogen-bond acceptors (Lipinski definition) is 5. The zero-order chi connectivity index (χ0) is 19.2. The lowest BCUT2D eigenvalue weighted by atomic mass is 10.2. The highest BCUT2D eigenvalue weighted by molar-refractivity contribution is 7.89. The number of carbonyl (C=O) groups is 1. The standard InChI is InChI=1S/C18H21N3O4S/c1-3-13(2)20-21-18(23)16-11-15(9-10-17(16)22)26(24,25)19-12-14-7-5-4-6-8-14/h4-11,19,22H,3,12H2,1-2H3,(H,21,23)/b20-13-. The maximum atomic E-state index is 12.5. The van der Waals surface area contributed by atoms with E-state index in [0.29, 0.717) is 12.1 Å². The van der Waals surface area contributed by atoms with Crippen LogP contribution in [0.25, 0.3) is 0 Å². The lowest BCUT2D eigenvalue weighted by Crippen LogP contribution is -2.24. The van der Waals surface area contributed by atoms with Crippen molar-refractivity contribution in [3.05, 3.63) is 59.7 Å². The highest BCUT2D eigenvalue weighted by atomic mass is 32.2. The van der Waals surface area contributed by atoms with E-state index in [4.69, 9.17) is 0 Å². The van der Waals surface area contributed by atoms with Gasteiger partial charge in [-0.3, -0.25) is 4.79 Å². The fourth-order valence-corrected chi connectivity index (χ4v) is 3.05. The van der Waals surface area contributed by atoms with Crippen LogP contribution < -0.4 is 10.1 Å². The molecule has 0 saturated heterocycles. The smallest absolute Gasteiger partial charge is 0.275 e. The summed E-state index contributed by atoms with van der Waals surface area (Å²) in [6.07, 6.45) is 0.657. The molecule has 2 rings (SSSR count). The van der Waals surface area contributed by atoms with Crippen LogP contribution in [0.4, 0.5) is 0 Å². The normalized spacial score (nSPS) is 12.0. The van der Waals surface area contributed by atoms with Crippen LogP contribution in [0, 0.1) is 0 Å². The van der Waals surface area contributed by atoms with Crippen molar-refractivity contribution in [2.45, 2.75) is 31.7 Å². The second-order valence-corrected chi connectivity index (χ2v) is 7.40. The van der Waals surface area contributed by atoms with Gasteiger partial charge in [0.05, 0.1) is 10.5 Å². The summed E-state index contributed by atoms with van der Waals surface area (Å²) >= 11 is 0. The Morgan fingerprint density at radius 3 is 2.50 bits per heavy atom. The number of hydrazone groups is 1. The van der Waals surface area contributed by atoms with Crippen molar-refractivity contribution >= 4 is 21.6 Å². The van der Waals surface area contributed by atoms with Gasteiger partial charge in [0.15, 0.2) is 0 Å². The number of aromatic hydroxyl groups is 1. The summed E-state index contributed by atoms with van der Waals surface area (Å²) in [5.41, 5.74) is 3.64. The Morgan fingerprint density at radius 2 is 1.85 bits per heavy atom. The van der Waals surface area contributed by atoms with Gasteiger partial charge in [0.1, 0.15) is 5.75 Å². The molecule has 138 valence electrons. The first-order valence-electron chi connectivity index (χ1n) is 8.03. The van der Waals surface area contributed by atoms with Crippen LogP contribution in [0.5, 0.6) is 5.75 Å². The molecule has 8 heteroatoms. The number of phenols is 1. The number of rotatable bonds is 7. The van der Waals surface area contributed by atoms with Crippen molar-refractivity contribution in [1.82, 2.24) is 10.1 Å². The summed E-state index contributed by atoms with van der Waals surface area (Å²) in [6.45, 7) is 3.74. The zero-order valence-electron chi connectivity index (χ0n) is 14.6. The second-order valence-electron chi connectivity index (χ2n) is 5.63. The lowest BCUT2D eigenvalue weighted by molar-refractivity contribution is 0.0952. The third-order valence-electron chi connectivity index (χ3n) is 3.69. The van der Waals surface area contributed by atoms with Crippen molar-refractivity contribution in [3.63, 3.8) is 0 Å². The maximum absolute atomic E-state index is 12.5. The van der Waals surface area contributed by atoms with Crippen molar-refractivity contribution in [1.29, 1.82) is 0 Å². The summed E-state index contributed by atoms with van der Waals surface area (Å²) in [5.74, 6) is -1.01. The van der Waals surface area contributed by atoms with E-state index in [-0.39, 0.29) is 22.8 Å². The molecule has 0 fully saturated rings. The molecule has 0 spiro atoms. The SMILES string of the molecule is CC/C(C)=N\NC(=O)c1cc(S(=O)(=O)NCc2ccccc2)ccc1O. The number of nitrogens with zero attached hydrogens (tertiary/aromatic N) is 1. The van der Waals surface area contributed by atoms with Crippen molar-refractivity contribution in [3.8, 4) is 5.75 Å². The molecule has 2 aromatic carbocycles. The summed E-state index contributed by atoms with van der Waals surface area (Å²) in [5, 5.41) is 13.7. The van der Waals surface area contributed by atoms with Crippen molar-refractivity contribution in [2.24, 2.45) is 5.10 Å². The van der Waals surface area contributed by atoms with Gasteiger partial charge < -0.3 is 5.11 Å². The molecule has 0 bridgehead atoms. The number of amides is 1. The average molecular weight is 375 g/mol. The summed E-state index contributed by atoms with van der Waals surface area (Å²) in [4.78, 5) is 12.0. The third kappa shape index (κ3) is 5.14. The Morgan fingerprint density at radius 1 is 1.15 bits per heavy atom. The predicted molar refractivity (Wildman–Crippen MR) is 99.4 cm³/mol.